The molecule has 0 bridgehead atoms. The third kappa shape index (κ3) is 2.74. The number of fused-ring (bicyclic) bond motifs is 1. The average Bonchev–Trinajstić information content (AvgIpc) is 2.35. The van der Waals surface area contributed by atoms with Crippen molar-refractivity contribution in [3.8, 4) is 0 Å². The summed E-state index contributed by atoms with van der Waals surface area (Å²) >= 11 is 1.35. The maximum atomic E-state index is 11.1. The second-order valence-electron chi connectivity index (χ2n) is 3.47. The summed E-state index contributed by atoms with van der Waals surface area (Å²) in [6.45, 7) is 1.89. The number of thioether (sulfide) groups is 1. The fourth-order valence-corrected chi connectivity index (χ4v) is 2.18. The molecular weight excluding hydrogens is 236 g/mol. The van der Waals surface area contributed by atoms with Gasteiger partial charge in [-0.1, -0.05) is 23.9 Å². The number of methoxy groups -OCH3 is 1. The molecule has 0 fully saturated rings. The summed E-state index contributed by atoms with van der Waals surface area (Å²) in [5.74, 6) is -0.00553. The first kappa shape index (κ1) is 11.9. The highest BCUT2D eigenvalue weighted by atomic mass is 32.2. The molecule has 5 heteroatoms. The monoisotopic (exact) mass is 248 g/mol. The van der Waals surface area contributed by atoms with E-state index in [0.29, 0.717) is 0 Å². The summed E-state index contributed by atoms with van der Waals surface area (Å²) in [5.41, 5.74) is 2.54. The van der Waals surface area contributed by atoms with E-state index in [9.17, 15) is 4.79 Å². The number of hydrogen-bond acceptors (Lipinski definition) is 5. The highest BCUT2D eigenvalue weighted by Gasteiger charge is 2.08. The van der Waals surface area contributed by atoms with Crippen LogP contribution >= 0.6 is 11.8 Å². The number of ether oxygens (including phenoxy) is 1. The molecule has 0 radical (unpaired) electrons. The van der Waals surface area contributed by atoms with Gasteiger partial charge < -0.3 is 4.74 Å². The second kappa shape index (κ2) is 5.14. The summed E-state index contributed by atoms with van der Waals surface area (Å²) in [4.78, 5) is 20.0. The van der Waals surface area contributed by atoms with E-state index in [1.54, 1.807) is 0 Å². The zero-order valence-corrected chi connectivity index (χ0v) is 10.5. The molecule has 0 unspecified atom stereocenters. The van der Waals surface area contributed by atoms with Gasteiger partial charge in [0.25, 0.3) is 0 Å². The molecule has 1 heterocycles. The first-order valence-corrected chi connectivity index (χ1v) is 6.12. The van der Waals surface area contributed by atoms with E-state index >= 15 is 0 Å². The van der Waals surface area contributed by atoms with Crippen LogP contribution in [0.5, 0.6) is 0 Å². The maximum absolute atomic E-state index is 11.1. The molecule has 0 spiro atoms. The summed E-state index contributed by atoms with van der Waals surface area (Å²) in [6.07, 6.45) is 0. The van der Waals surface area contributed by atoms with Gasteiger partial charge in [0.05, 0.1) is 29.6 Å². The Kier molecular flexibility index (Phi) is 3.58. The topological polar surface area (TPSA) is 52.1 Å². The van der Waals surface area contributed by atoms with E-state index in [-0.39, 0.29) is 11.7 Å². The minimum absolute atomic E-state index is 0.254. The zero-order valence-electron chi connectivity index (χ0n) is 9.64. The lowest BCUT2D eigenvalue weighted by molar-refractivity contribution is -0.137. The largest absolute Gasteiger partial charge is 0.468 e. The fraction of sp³-hybridized carbons (Fsp3) is 0.250. The zero-order chi connectivity index (χ0) is 12.3. The van der Waals surface area contributed by atoms with Crippen molar-refractivity contribution in [1.29, 1.82) is 0 Å². The number of esters is 1. The van der Waals surface area contributed by atoms with Crippen molar-refractivity contribution in [3.05, 3.63) is 30.0 Å². The summed E-state index contributed by atoms with van der Waals surface area (Å²) < 4.78 is 4.59. The number of carbonyl (C=O) groups excluding carboxylic acids is 1. The Hall–Kier alpha value is -1.62. The van der Waals surface area contributed by atoms with Crippen LogP contribution in [0.4, 0.5) is 0 Å². The molecule has 0 aliphatic heterocycles. The number of aromatic nitrogens is 2. The first-order valence-electron chi connectivity index (χ1n) is 5.13. The van der Waals surface area contributed by atoms with Crippen molar-refractivity contribution < 1.29 is 9.53 Å². The van der Waals surface area contributed by atoms with Crippen molar-refractivity contribution in [2.24, 2.45) is 0 Å². The Balaban J connectivity index is 2.28. The Morgan fingerprint density at radius 3 is 2.59 bits per heavy atom. The maximum Gasteiger partial charge on any atom is 0.316 e. The number of aryl methyl sites for hydroxylation is 1. The minimum atomic E-state index is -0.260. The highest BCUT2D eigenvalue weighted by Crippen LogP contribution is 2.21. The molecule has 1 aromatic heterocycles. The van der Waals surface area contributed by atoms with Crippen LogP contribution in [0, 0.1) is 6.92 Å². The van der Waals surface area contributed by atoms with E-state index in [2.05, 4.69) is 14.7 Å². The molecule has 88 valence electrons. The predicted octanol–water partition coefficient (Wildman–Crippen LogP) is 2.20. The van der Waals surface area contributed by atoms with Gasteiger partial charge in [-0.05, 0) is 19.1 Å². The van der Waals surface area contributed by atoms with Gasteiger partial charge in [-0.2, -0.15) is 0 Å². The quantitative estimate of drug-likeness (QED) is 0.615. The van der Waals surface area contributed by atoms with Crippen LogP contribution in [-0.2, 0) is 9.53 Å². The molecule has 2 aromatic rings. The number of carbonyl (C=O) groups is 1. The third-order valence-electron chi connectivity index (χ3n) is 2.26. The molecular formula is C12H12N2O2S. The van der Waals surface area contributed by atoms with Gasteiger partial charge >= 0.3 is 5.97 Å². The summed E-state index contributed by atoms with van der Waals surface area (Å²) in [7, 11) is 1.38. The lowest BCUT2D eigenvalue weighted by Gasteiger charge is -2.05. The smallest absolute Gasteiger partial charge is 0.316 e. The van der Waals surface area contributed by atoms with Crippen molar-refractivity contribution >= 4 is 28.8 Å². The summed E-state index contributed by atoms with van der Waals surface area (Å²) in [6, 6.07) is 7.67. The van der Waals surface area contributed by atoms with Crippen LogP contribution in [0.25, 0.3) is 11.0 Å². The van der Waals surface area contributed by atoms with Crippen molar-refractivity contribution in [1.82, 2.24) is 9.97 Å². The second-order valence-corrected chi connectivity index (χ2v) is 4.43. The van der Waals surface area contributed by atoms with Crippen LogP contribution in [0.3, 0.4) is 0 Å². The number of nitrogens with zero attached hydrogens (tertiary/aromatic N) is 2. The number of benzene rings is 1. The van der Waals surface area contributed by atoms with Crippen molar-refractivity contribution in [3.63, 3.8) is 0 Å². The van der Waals surface area contributed by atoms with Gasteiger partial charge in [0.1, 0.15) is 5.03 Å². The van der Waals surface area contributed by atoms with Crippen LogP contribution in [0.15, 0.2) is 29.3 Å². The fourth-order valence-electron chi connectivity index (χ4n) is 1.39. The SMILES string of the molecule is COC(=O)CSc1nc2ccccc2nc1C. The molecule has 0 N–H and O–H groups in total. The van der Waals surface area contributed by atoms with Crippen molar-refractivity contribution in [2.45, 2.75) is 11.9 Å². The number of para-hydroxylation sites is 2. The minimum Gasteiger partial charge on any atom is -0.468 e. The Labute approximate surface area is 103 Å². The molecule has 1 aromatic carbocycles. The van der Waals surface area contributed by atoms with E-state index in [1.165, 1.54) is 18.9 Å². The summed E-state index contributed by atoms with van der Waals surface area (Å²) in [5, 5.41) is 0.772. The normalized spacial score (nSPS) is 10.5. The molecule has 4 nitrogen and oxygen atoms in total. The Bertz CT molecular complexity index is 557. The van der Waals surface area contributed by atoms with Gasteiger partial charge in [-0.3, -0.25) is 4.79 Å². The molecule has 17 heavy (non-hydrogen) atoms. The van der Waals surface area contributed by atoms with E-state index in [4.69, 9.17) is 0 Å². The van der Waals surface area contributed by atoms with Gasteiger partial charge in [0.2, 0.25) is 0 Å². The first-order chi connectivity index (χ1) is 8.20. The Morgan fingerprint density at radius 2 is 1.94 bits per heavy atom. The van der Waals surface area contributed by atoms with Crippen LogP contribution < -0.4 is 0 Å². The molecule has 0 saturated heterocycles. The highest BCUT2D eigenvalue weighted by molar-refractivity contribution is 7.99. The molecule has 0 aliphatic carbocycles. The van der Waals surface area contributed by atoms with E-state index in [1.807, 2.05) is 31.2 Å². The number of hydrogen-bond donors (Lipinski definition) is 0. The lowest BCUT2D eigenvalue weighted by atomic mass is 10.3. The molecule has 2 rings (SSSR count). The van der Waals surface area contributed by atoms with Crippen LogP contribution in [0.1, 0.15) is 5.69 Å². The van der Waals surface area contributed by atoms with Gasteiger partial charge in [0, 0.05) is 0 Å². The van der Waals surface area contributed by atoms with E-state index < -0.39 is 0 Å². The van der Waals surface area contributed by atoms with Gasteiger partial charge in [-0.25, -0.2) is 9.97 Å². The van der Waals surface area contributed by atoms with E-state index in [0.717, 1.165) is 21.8 Å². The van der Waals surface area contributed by atoms with Crippen molar-refractivity contribution in [2.75, 3.05) is 12.9 Å². The number of rotatable bonds is 3. The van der Waals surface area contributed by atoms with Crippen LogP contribution in [-0.4, -0.2) is 28.8 Å². The molecule has 0 saturated carbocycles. The lowest BCUT2D eigenvalue weighted by Crippen LogP contribution is -2.04. The molecule has 0 atom stereocenters. The van der Waals surface area contributed by atoms with Crippen LogP contribution in [0.2, 0.25) is 0 Å². The molecule has 0 amide bonds. The van der Waals surface area contributed by atoms with Gasteiger partial charge in [0.15, 0.2) is 0 Å². The standard InChI is InChI=1S/C12H12N2O2S/c1-8-12(17-7-11(15)16-2)14-10-6-4-3-5-9(10)13-8/h3-6H,7H2,1-2H3. The predicted molar refractivity (Wildman–Crippen MR) is 67.0 cm³/mol. The average molecular weight is 248 g/mol. The van der Waals surface area contributed by atoms with Gasteiger partial charge in [-0.15, -0.1) is 0 Å². The third-order valence-corrected chi connectivity index (χ3v) is 3.30. The Morgan fingerprint density at radius 1 is 1.29 bits per heavy atom. The molecule has 0 aliphatic rings.